The number of rotatable bonds is 5. The second kappa shape index (κ2) is 7.34. The van der Waals surface area contributed by atoms with Crippen LogP contribution in [0.25, 0.3) is 22.2 Å². The third-order valence-corrected chi connectivity index (χ3v) is 4.60. The van der Waals surface area contributed by atoms with E-state index in [9.17, 15) is 9.90 Å². The molecule has 3 nitrogen and oxygen atoms in total. The van der Waals surface area contributed by atoms with Crippen LogP contribution in [-0.2, 0) is 4.79 Å². The van der Waals surface area contributed by atoms with Crippen LogP contribution in [0, 0.1) is 0 Å². The fraction of sp³-hybridized carbons (Fsp3) is 0.0417. The number of hydrogen-bond acceptors (Lipinski definition) is 1. The number of nitrogens with zero attached hydrogens (tertiary/aromatic N) is 1. The molecule has 0 unspecified atom stereocenters. The van der Waals surface area contributed by atoms with Gasteiger partial charge in [0.2, 0.25) is 0 Å². The Kier molecular flexibility index (Phi) is 4.58. The van der Waals surface area contributed by atoms with E-state index in [1.165, 1.54) is 0 Å². The summed E-state index contributed by atoms with van der Waals surface area (Å²) in [6.45, 7) is 0. The number of hydrogen-bond donors (Lipinski definition) is 1. The van der Waals surface area contributed by atoms with Crippen LogP contribution in [0.3, 0.4) is 0 Å². The van der Waals surface area contributed by atoms with Crippen LogP contribution >= 0.6 is 0 Å². The maximum absolute atomic E-state index is 11.2. The summed E-state index contributed by atoms with van der Waals surface area (Å²) in [5.74, 6) is -0.838. The summed E-state index contributed by atoms with van der Waals surface area (Å²) in [6.07, 6.45) is 3.88. The number of benzene rings is 3. The molecule has 3 heteroatoms. The SMILES string of the molecule is O=C(O)C/C=C(/c1ccccc1)c1cn(-c2ccccc2)c2ccccc12. The molecule has 1 aromatic heterocycles. The maximum Gasteiger partial charge on any atom is 0.307 e. The molecule has 0 fully saturated rings. The highest BCUT2D eigenvalue weighted by Gasteiger charge is 2.14. The van der Waals surface area contributed by atoms with Gasteiger partial charge in [-0.2, -0.15) is 0 Å². The smallest absolute Gasteiger partial charge is 0.307 e. The summed E-state index contributed by atoms with van der Waals surface area (Å²) in [7, 11) is 0. The Hall–Kier alpha value is -3.59. The Labute approximate surface area is 157 Å². The molecular weight excluding hydrogens is 334 g/mol. The van der Waals surface area contributed by atoms with E-state index in [-0.39, 0.29) is 6.42 Å². The molecule has 0 aliphatic carbocycles. The lowest BCUT2D eigenvalue weighted by atomic mass is 9.96. The van der Waals surface area contributed by atoms with Gasteiger partial charge in [0.1, 0.15) is 0 Å². The molecule has 3 aromatic carbocycles. The van der Waals surface area contributed by atoms with E-state index in [1.807, 2.05) is 60.7 Å². The Morgan fingerprint density at radius 3 is 2.19 bits per heavy atom. The van der Waals surface area contributed by atoms with Crippen LogP contribution in [0.4, 0.5) is 0 Å². The highest BCUT2D eigenvalue weighted by molar-refractivity contribution is 5.98. The van der Waals surface area contributed by atoms with E-state index in [0.29, 0.717) is 0 Å². The number of carboxylic acids is 1. The van der Waals surface area contributed by atoms with Gasteiger partial charge < -0.3 is 9.67 Å². The van der Waals surface area contributed by atoms with Gasteiger partial charge in [0.05, 0.1) is 11.9 Å². The van der Waals surface area contributed by atoms with E-state index in [2.05, 4.69) is 35.0 Å². The van der Waals surface area contributed by atoms with Crippen molar-refractivity contribution in [2.45, 2.75) is 6.42 Å². The molecule has 0 saturated carbocycles. The molecule has 0 amide bonds. The summed E-state index contributed by atoms with van der Waals surface area (Å²) in [5, 5.41) is 10.3. The first-order valence-corrected chi connectivity index (χ1v) is 8.87. The van der Waals surface area contributed by atoms with Crippen LogP contribution in [-0.4, -0.2) is 15.6 Å². The molecule has 1 heterocycles. The molecule has 0 saturated heterocycles. The monoisotopic (exact) mass is 353 g/mol. The molecule has 0 radical (unpaired) electrons. The number of para-hydroxylation sites is 2. The molecule has 4 rings (SSSR count). The molecule has 0 aliphatic rings. The fourth-order valence-electron chi connectivity index (χ4n) is 3.39. The van der Waals surface area contributed by atoms with Crippen molar-refractivity contribution in [1.82, 2.24) is 4.57 Å². The van der Waals surface area contributed by atoms with Crippen molar-refractivity contribution in [3.05, 3.63) is 108 Å². The maximum atomic E-state index is 11.2. The van der Waals surface area contributed by atoms with Gasteiger partial charge in [0.15, 0.2) is 0 Å². The van der Waals surface area contributed by atoms with E-state index >= 15 is 0 Å². The molecule has 0 spiro atoms. The normalized spacial score (nSPS) is 11.6. The highest BCUT2D eigenvalue weighted by atomic mass is 16.4. The third kappa shape index (κ3) is 3.40. The zero-order valence-electron chi connectivity index (χ0n) is 14.7. The Morgan fingerprint density at radius 1 is 0.852 bits per heavy atom. The minimum atomic E-state index is -0.838. The van der Waals surface area contributed by atoms with Crippen LogP contribution in [0.2, 0.25) is 0 Å². The lowest BCUT2D eigenvalue weighted by Crippen LogP contribution is -1.94. The van der Waals surface area contributed by atoms with Crippen molar-refractivity contribution in [3.63, 3.8) is 0 Å². The van der Waals surface area contributed by atoms with Gasteiger partial charge >= 0.3 is 5.97 Å². The molecule has 0 atom stereocenters. The van der Waals surface area contributed by atoms with Crippen LogP contribution < -0.4 is 0 Å². The molecule has 0 aliphatic heterocycles. The van der Waals surface area contributed by atoms with Crippen LogP contribution in [0.1, 0.15) is 17.5 Å². The van der Waals surface area contributed by atoms with Crippen molar-refractivity contribution < 1.29 is 9.90 Å². The fourth-order valence-corrected chi connectivity index (χ4v) is 3.39. The predicted molar refractivity (Wildman–Crippen MR) is 109 cm³/mol. The topological polar surface area (TPSA) is 42.2 Å². The average molecular weight is 353 g/mol. The molecule has 4 aromatic rings. The molecule has 0 bridgehead atoms. The summed E-state index contributed by atoms with van der Waals surface area (Å²) >= 11 is 0. The zero-order valence-corrected chi connectivity index (χ0v) is 14.7. The quantitative estimate of drug-likeness (QED) is 0.512. The summed E-state index contributed by atoms with van der Waals surface area (Å²) < 4.78 is 2.15. The summed E-state index contributed by atoms with van der Waals surface area (Å²) in [6, 6.07) is 28.3. The second-order valence-corrected chi connectivity index (χ2v) is 6.35. The Morgan fingerprint density at radius 2 is 1.48 bits per heavy atom. The van der Waals surface area contributed by atoms with E-state index in [4.69, 9.17) is 0 Å². The number of fused-ring (bicyclic) bond motifs is 1. The molecule has 1 N–H and O–H groups in total. The molecular formula is C24H19NO2. The van der Waals surface area contributed by atoms with Gasteiger partial charge in [-0.1, -0.05) is 72.8 Å². The van der Waals surface area contributed by atoms with Gasteiger partial charge in [-0.3, -0.25) is 4.79 Å². The predicted octanol–water partition coefficient (Wildman–Crippen LogP) is 5.54. The Bertz CT molecular complexity index is 1110. The minimum absolute atomic E-state index is 0.0188. The van der Waals surface area contributed by atoms with Gasteiger partial charge in [0, 0.05) is 22.8 Å². The van der Waals surface area contributed by atoms with Crippen molar-refractivity contribution in [1.29, 1.82) is 0 Å². The Balaban J connectivity index is 1.96. The first-order valence-electron chi connectivity index (χ1n) is 8.87. The minimum Gasteiger partial charge on any atom is -0.481 e. The lowest BCUT2D eigenvalue weighted by Gasteiger charge is -2.07. The summed E-state index contributed by atoms with van der Waals surface area (Å²) in [5.41, 5.74) is 5.14. The average Bonchev–Trinajstić information content (AvgIpc) is 3.09. The van der Waals surface area contributed by atoms with E-state index < -0.39 is 5.97 Å². The van der Waals surface area contributed by atoms with Crippen molar-refractivity contribution in [2.24, 2.45) is 0 Å². The number of carbonyl (C=O) groups is 1. The number of aliphatic carboxylic acids is 1. The van der Waals surface area contributed by atoms with Crippen LogP contribution in [0.15, 0.2) is 97.2 Å². The lowest BCUT2D eigenvalue weighted by molar-refractivity contribution is -0.135. The van der Waals surface area contributed by atoms with E-state index in [0.717, 1.165) is 33.3 Å². The molecule has 132 valence electrons. The van der Waals surface area contributed by atoms with Crippen LogP contribution in [0.5, 0.6) is 0 Å². The first-order chi connectivity index (χ1) is 13.2. The zero-order chi connectivity index (χ0) is 18.6. The standard InChI is InChI=1S/C24H19NO2/c26-24(27)16-15-20(18-9-3-1-4-10-18)22-17-25(19-11-5-2-6-12-19)23-14-8-7-13-21(22)23/h1-15,17H,16H2,(H,26,27)/b20-15-. The summed E-state index contributed by atoms with van der Waals surface area (Å²) in [4.78, 5) is 11.2. The van der Waals surface area contributed by atoms with Crippen molar-refractivity contribution in [2.75, 3.05) is 0 Å². The highest BCUT2D eigenvalue weighted by Crippen LogP contribution is 2.33. The number of aromatic nitrogens is 1. The van der Waals surface area contributed by atoms with Gasteiger partial charge in [-0.15, -0.1) is 0 Å². The number of carboxylic acid groups (broad SMARTS) is 1. The third-order valence-electron chi connectivity index (χ3n) is 4.60. The van der Waals surface area contributed by atoms with Gasteiger partial charge in [-0.25, -0.2) is 0 Å². The van der Waals surface area contributed by atoms with E-state index in [1.54, 1.807) is 6.08 Å². The van der Waals surface area contributed by atoms with Gasteiger partial charge in [-0.05, 0) is 29.3 Å². The first kappa shape index (κ1) is 16.9. The van der Waals surface area contributed by atoms with Gasteiger partial charge in [0.25, 0.3) is 0 Å². The van der Waals surface area contributed by atoms with Crippen molar-refractivity contribution in [3.8, 4) is 5.69 Å². The largest absolute Gasteiger partial charge is 0.481 e. The molecule has 27 heavy (non-hydrogen) atoms. The van der Waals surface area contributed by atoms with Crippen molar-refractivity contribution >= 4 is 22.4 Å². The second-order valence-electron chi connectivity index (χ2n) is 6.35.